The Kier molecular flexibility index (Phi) is 6.45. The first-order valence-electron chi connectivity index (χ1n) is 8.58. The molecule has 0 aliphatic heterocycles. The van der Waals surface area contributed by atoms with Crippen molar-refractivity contribution >= 4 is 5.91 Å². The Bertz CT molecular complexity index is 720. The van der Waals surface area contributed by atoms with Crippen LogP contribution in [0.2, 0.25) is 0 Å². The Morgan fingerprint density at radius 1 is 1.00 bits per heavy atom. The Balaban J connectivity index is 1.78. The van der Waals surface area contributed by atoms with E-state index in [0.717, 1.165) is 28.0 Å². The molecule has 0 radical (unpaired) electrons. The number of hydrogen-bond donors (Lipinski definition) is 1. The number of carbonyl (C=O) groups is 1. The minimum Gasteiger partial charge on any atom is -0.491 e. The molecule has 2 aromatic carbocycles. The zero-order chi connectivity index (χ0) is 18.4. The van der Waals surface area contributed by atoms with E-state index in [1.165, 1.54) is 0 Å². The second-order valence-corrected chi connectivity index (χ2v) is 6.49. The standard InChI is InChI=1S/C21H27NO3/c1-14-6-7-17(4)20(13-14)24-9-8-22-21(23)18(5)25-19-11-15(2)10-16(3)12-19/h6-7,10-13,18H,8-9H2,1-5H3,(H,22,23)/t18-/m1/s1. The van der Waals surface area contributed by atoms with Gasteiger partial charge >= 0.3 is 0 Å². The molecule has 0 saturated carbocycles. The van der Waals surface area contributed by atoms with Crippen molar-refractivity contribution in [3.63, 3.8) is 0 Å². The van der Waals surface area contributed by atoms with Crippen molar-refractivity contribution in [1.29, 1.82) is 0 Å². The van der Waals surface area contributed by atoms with Gasteiger partial charge in [-0.1, -0.05) is 18.2 Å². The first kappa shape index (κ1) is 18.8. The maximum atomic E-state index is 12.2. The number of benzene rings is 2. The van der Waals surface area contributed by atoms with Gasteiger partial charge in [-0.15, -0.1) is 0 Å². The first-order valence-corrected chi connectivity index (χ1v) is 8.58. The third-order valence-electron chi connectivity index (χ3n) is 3.88. The quantitative estimate of drug-likeness (QED) is 0.778. The summed E-state index contributed by atoms with van der Waals surface area (Å²) in [7, 11) is 0. The molecule has 0 aliphatic carbocycles. The van der Waals surface area contributed by atoms with E-state index in [1.807, 2.05) is 52.0 Å². The zero-order valence-corrected chi connectivity index (χ0v) is 15.7. The largest absolute Gasteiger partial charge is 0.491 e. The fourth-order valence-electron chi connectivity index (χ4n) is 2.60. The number of aryl methyl sites for hydroxylation is 4. The van der Waals surface area contributed by atoms with E-state index in [0.29, 0.717) is 18.9 Å². The Morgan fingerprint density at radius 2 is 1.68 bits per heavy atom. The number of nitrogens with one attached hydrogen (secondary N) is 1. The minimum absolute atomic E-state index is 0.149. The average Bonchev–Trinajstić information content (AvgIpc) is 2.53. The van der Waals surface area contributed by atoms with Crippen LogP contribution in [0, 0.1) is 27.7 Å². The molecule has 0 heterocycles. The smallest absolute Gasteiger partial charge is 0.260 e. The van der Waals surface area contributed by atoms with Gasteiger partial charge in [0, 0.05) is 0 Å². The van der Waals surface area contributed by atoms with Gasteiger partial charge in [-0.3, -0.25) is 4.79 Å². The second-order valence-electron chi connectivity index (χ2n) is 6.49. The molecule has 25 heavy (non-hydrogen) atoms. The lowest BCUT2D eigenvalue weighted by Crippen LogP contribution is -2.38. The van der Waals surface area contributed by atoms with Gasteiger partial charge in [-0.2, -0.15) is 0 Å². The van der Waals surface area contributed by atoms with Crippen molar-refractivity contribution in [3.05, 3.63) is 58.7 Å². The summed E-state index contributed by atoms with van der Waals surface area (Å²) in [5.41, 5.74) is 4.47. The Labute approximate surface area is 150 Å². The second kappa shape index (κ2) is 8.56. The molecule has 134 valence electrons. The van der Waals surface area contributed by atoms with Crippen LogP contribution in [0.25, 0.3) is 0 Å². The SMILES string of the molecule is Cc1cc(C)cc(O[C@H](C)C(=O)NCCOc2cc(C)ccc2C)c1. The summed E-state index contributed by atoms with van der Waals surface area (Å²) in [4.78, 5) is 12.2. The third kappa shape index (κ3) is 5.82. The number of ether oxygens (including phenoxy) is 2. The van der Waals surface area contributed by atoms with Crippen molar-refractivity contribution in [2.24, 2.45) is 0 Å². The van der Waals surface area contributed by atoms with Crippen molar-refractivity contribution in [2.45, 2.75) is 40.7 Å². The lowest BCUT2D eigenvalue weighted by molar-refractivity contribution is -0.127. The van der Waals surface area contributed by atoms with Crippen molar-refractivity contribution < 1.29 is 14.3 Å². The molecule has 4 heteroatoms. The maximum Gasteiger partial charge on any atom is 0.260 e. The predicted molar refractivity (Wildman–Crippen MR) is 100 cm³/mol. The Morgan fingerprint density at radius 3 is 2.36 bits per heavy atom. The molecule has 1 N–H and O–H groups in total. The lowest BCUT2D eigenvalue weighted by atomic mass is 10.1. The van der Waals surface area contributed by atoms with Gasteiger partial charge < -0.3 is 14.8 Å². The highest BCUT2D eigenvalue weighted by atomic mass is 16.5. The lowest BCUT2D eigenvalue weighted by Gasteiger charge is -2.16. The molecular weight excluding hydrogens is 314 g/mol. The predicted octanol–water partition coefficient (Wildman–Crippen LogP) is 3.88. The van der Waals surface area contributed by atoms with Crippen LogP contribution in [-0.4, -0.2) is 25.2 Å². The molecule has 2 aromatic rings. The normalized spacial score (nSPS) is 11.7. The summed E-state index contributed by atoms with van der Waals surface area (Å²) in [5.74, 6) is 1.42. The molecule has 0 unspecified atom stereocenters. The van der Waals surface area contributed by atoms with E-state index in [-0.39, 0.29) is 5.91 Å². The van der Waals surface area contributed by atoms with Crippen molar-refractivity contribution in [2.75, 3.05) is 13.2 Å². The van der Waals surface area contributed by atoms with Crippen molar-refractivity contribution in [3.8, 4) is 11.5 Å². The van der Waals surface area contributed by atoms with Crippen LogP contribution in [-0.2, 0) is 4.79 Å². The van der Waals surface area contributed by atoms with E-state index in [2.05, 4.69) is 17.4 Å². The fraction of sp³-hybridized carbons (Fsp3) is 0.381. The monoisotopic (exact) mass is 341 g/mol. The topological polar surface area (TPSA) is 47.6 Å². The number of amides is 1. The van der Waals surface area contributed by atoms with E-state index in [4.69, 9.17) is 9.47 Å². The number of hydrogen-bond acceptors (Lipinski definition) is 3. The molecule has 0 fully saturated rings. The summed E-state index contributed by atoms with van der Waals surface area (Å²) < 4.78 is 11.5. The highest BCUT2D eigenvalue weighted by Gasteiger charge is 2.14. The molecule has 1 amide bonds. The fourth-order valence-corrected chi connectivity index (χ4v) is 2.60. The van der Waals surface area contributed by atoms with Crippen LogP contribution in [0.3, 0.4) is 0 Å². The van der Waals surface area contributed by atoms with E-state index in [9.17, 15) is 4.79 Å². The summed E-state index contributed by atoms with van der Waals surface area (Å²) in [6.45, 7) is 10.7. The summed E-state index contributed by atoms with van der Waals surface area (Å²) in [5, 5.41) is 2.85. The van der Waals surface area contributed by atoms with E-state index in [1.54, 1.807) is 6.92 Å². The first-order chi connectivity index (χ1) is 11.8. The number of rotatable bonds is 7. The summed E-state index contributed by atoms with van der Waals surface area (Å²) >= 11 is 0. The minimum atomic E-state index is -0.554. The highest BCUT2D eigenvalue weighted by molar-refractivity contribution is 5.80. The average molecular weight is 341 g/mol. The van der Waals surface area contributed by atoms with Gasteiger partial charge in [0.1, 0.15) is 18.1 Å². The van der Waals surface area contributed by atoms with Crippen LogP contribution in [0.1, 0.15) is 29.2 Å². The van der Waals surface area contributed by atoms with Crippen LogP contribution >= 0.6 is 0 Å². The van der Waals surface area contributed by atoms with Gasteiger partial charge in [0.25, 0.3) is 5.91 Å². The molecule has 0 aliphatic rings. The van der Waals surface area contributed by atoms with Crippen LogP contribution in [0.5, 0.6) is 11.5 Å². The third-order valence-corrected chi connectivity index (χ3v) is 3.88. The molecule has 0 saturated heterocycles. The van der Waals surface area contributed by atoms with Gasteiger partial charge in [0.2, 0.25) is 0 Å². The van der Waals surface area contributed by atoms with E-state index < -0.39 is 6.10 Å². The van der Waals surface area contributed by atoms with Gasteiger partial charge in [0.05, 0.1) is 6.54 Å². The Hall–Kier alpha value is -2.49. The summed E-state index contributed by atoms with van der Waals surface area (Å²) in [6.07, 6.45) is -0.554. The van der Waals surface area contributed by atoms with Crippen molar-refractivity contribution in [1.82, 2.24) is 5.32 Å². The van der Waals surface area contributed by atoms with Gasteiger partial charge in [-0.25, -0.2) is 0 Å². The molecular formula is C21H27NO3. The maximum absolute atomic E-state index is 12.2. The van der Waals surface area contributed by atoms with Gasteiger partial charge in [0.15, 0.2) is 6.10 Å². The van der Waals surface area contributed by atoms with E-state index >= 15 is 0 Å². The van der Waals surface area contributed by atoms with Gasteiger partial charge in [-0.05, 0) is 75.1 Å². The molecule has 0 bridgehead atoms. The number of carbonyl (C=O) groups excluding carboxylic acids is 1. The molecule has 1 atom stereocenters. The molecule has 0 spiro atoms. The summed E-state index contributed by atoms with van der Waals surface area (Å²) in [6, 6.07) is 12.0. The van der Waals surface area contributed by atoms with Crippen LogP contribution < -0.4 is 14.8 Å². The zero-order valence-electron chi connectivity index (χ0n) is 15.7. The molecule has 0 aromatic heterocycles. The van der Waals surface area contributed by atoms with Crippen LogP contribution in [0.4, 0.5) is 0 Å². The highest BCUT2D eigenvalue weighted by Crippen LogP contribution is 2.19. The molecule has 2 rings (SSSR count). The van der Waals surface area contributed by atoms with Crippen LogP contribution in [0.15, 0.2) is 36.4 Å². The molecule has 4 nitrogen and oxygen atoms in total.